The molecule has 1 aliphatic rings. The monoisotopic (exact) mass is 324 g/mol. The highest BCUT2D eigenvalue weighted by molar-refractivity contribution is 7.99. The summed E-state index contributed by atoms with van der Waals surface area (Å²) in [4.78, 5) is 15.4. The Morgan fingerprint density at radius 3 is 2.90 bits per heavy atom. The lowest BCUT2D eigenvalue weighted by atomic mass is 9.70. The van der Waals surface area contributed by atoms with E-state index in [9.17, 15) is 4.79 Å². The van der Waals surface area contributed by atoms with E-state index >= 15 is 0 Å². The first-order valence-electron chi connectivity index (χ1n) is 6.98. The van der Waals surface area contributed by atoms with Crippen LogP contribution in [0.25, 0.3) is 11.0 Å². The Kier molecular flexibility index (Phi) is 3.88. The summed E-state index contributed by atoms with van der Waals surface area (Å²) in [7, 11) is 0. The van der Waals surface area contributed by atoms with Gasteiger partial charge in [-0.05, 0) is 30.4 Å². The molecule has 0 aliphatic heterocycles. The Morgan fingerprint density at radius 2 is 2.29 bits per heavy atom. The lowest BCUT2D eigenvalue weighted by Crippen LogP contribution is -2.31. The van der Waals surface area contributed by atoms with Gasteiger partial charge in [0.05, 0.1) is 21.8 Å². The SMILES string of the molecule is CC1(Cn2c(SCC(=O)O)nc3cccc(Cl)c32)CCC1. The average molecular weight is 325 g/mol. The molecule has 0 saturated heterocycles. The molecule has 1 fully saturated rings. The minimum Gasteiger partial charge on any atom is -0.481 e. The number of aromatic nitrogens is 2. The highest BCUT2D eigenvalue weighted by Crippen LogP contribution is 2.43. The predicted molar refractivity (Wildman–Crippen MR) is 85.1 cm³/mol. The number of carboxylic acids is 1. The first kappa shape index (κ1) is 14.7. The highest BCUT2D eigenvalue weighted by Gasteiger charge is 2.33. The molecule has 0 bridgehead atoms. The van der Waals surface area contributed by atoms with Crippen molar-refractivity contribution in [2.75, 3.05) is 5.75 Å². The number of benzene rings is 1. The number of carbonyl (C=O) groups is 1. The minimum atomic E-state index is -0.834. The summed E-state index contributed by atoms with van der Waals surface area (Å²) in [5.41, 5.74) is 2.02. The number of carboxylic acid groups (broad SMARTS) is 1. The average Bonchev–Trinajstić information content (AvgIpc) is 2.74. The van der Waals surface area contributed by atoms with Crippen molar-refractivity contribution in [2.24, 2.45) is 5.41 Å². The van der Waals surface area contributed by atoms with Gasteiger partial charge in [0.1, 0.15) is 0 Å². The quantitative estimate of drug-likeness (QED) is 0.843. The molecular formula is C15H17ClN2O2S. The van der Waals surface area contributed by atoms with Crippen molar-refractivity contribution in [1.82, 2.24) is 9.55 Å². The van der Waals surface area contributed by atoms with Crippen LogP contribution >= 0.6 is 23.4 Å². The predicted octanol–water partition coefficient (Wildman–Crippen LogP) is 4.06. The molecule has 0 amide bonds. The third-order valence-corrected chi connectivity index (χ3v) is 5.37. The maximum absolute atomic E-state index is 10.8. The summed E-state index contributed by atoms with van der Waals surface area (Å²) in [6.07, 6.45) is 3.65. The second-order valence-corrected chi connectivity index (χ2v) is 7.28. The van der Waals surface area contributed by atoms with Gasteiger partial charge >= 0.3 is 5.97 Å². The first-order chi connectivity index (χ1) is 9.98. The third-order valence-electron chi connectivity index (χ3n) is 4.11. The number of fused-ring (bicyclic) bond motifs is 1. The second kappa shape index (κ2) is 5.54. The van der Waals surface area contributed by atoms with Gasteiger partial charge in [0.25, 0.3) is 0 Å². The van der Waals surface area contributed by atoms with E-state index in [0.29, 0.717) is 5.02 Å². The largest absolute Gasteiger partial charge is 0.481 e. The Bertz CT molecular complexity index is 694. The summed E-state index contributed by atoms with van der Waals surface area (Å²) in [6, 6.07) is 5.65. The van der Waals surface area contributed by atoms with Crippen LogP contribution in [0.15, 0.2) is 23.4 Å². The van der Waals surface area contributed by atoms with Gasteiger partial charge in [-0.25, -0.2) is 4.98 Å². The molecule has 4 nitrogen and oxygen atoms in total. The van der Waals surface area contributed by atoms with E-state index in [2.05, 4.69) is 16.5 Å². The van der Waals surface area contributed by atoms with Crippen molar-refractivity contribution in [3.05, 3.63) is 23.2 Å². The van der Waals surface area contributed by atoms with Gasteiger partial charge in [-0.2, -0.15) is 0 Å². The van der Waals surface area contributed by atoms with E-state index in [1.807, 2.05) is 18.2 Å². The molecule has 3 rings (SSSR count). The van der Waals surface area contributed by atoms with Crippen LogP contribution in [-0.2, 0) is 11.3 Å². The van der Waals surface area contributed by atoms with E-state index in [4.69, 9.17) is 16.7 Å². The van der Waals surface area contributed by atoms with Crippen LogP contribution in [0.2, 0.25) is 5.02 Å². The van der Waals surface area contributed by atoms with Crippen LogP contribution in [0.4, 0.5) is 0 Å². The van der Waals surface area contributed by atoms with Gasteiger partial charge in [0.2, 0.25) is 0 Å². The second-order valence-electron chi connectivity index (χ2n) is 5.93. The Hall–Kier alpha value is -1.20. The van der Waals surface area contributed by atoms with Crippen molar-refractivity contribution >= 4 is 40.4 Å². The summed E-state index contributed by atoms with van der Waals surface area (Å²) in [6.45, 7) is 3.11. The van der Waals surface area contributed by atoms with E-state index < -0.39 is 5.97 Å². The molecule has 1 aliphatic carbocycles. The van der Waals surface area contributed by atoms with Gasteiger partial charge in [-0.15, -0.1) is 0 Å². The number of hydrogen-bond acceptors (Lipinski definition) is 3. The fraction of sp³-hybridized carbons (Fsp3) is 0.467. The van der Waals surface area contributed by atoms with Crippen molar-refractivity contribution in [1.29, 1.82) is 0 Å². The summed E-state index contributed by atoms with van der Waals surface area (Å²) in [5, 5.41) is 10.3. The number of imidazole rings is 1. The maximum atomic E-state index is 10.8. The number of halogens is 1. The van der Waals surface area contributed by atoms with Gasteiger partial charge in [-0.3, -0.25) is 4.79 Å². The molecule has 2 aromatic rings. The number of aliphatic carboxylic acids is 1. The molecule has 0 spiro atoms. The van der Waals surface area contributed by atoms with Crippen LogP contribution in [0.5, 0.6) is 0 Å². The van der Waals surface area contributed by atoms with E-state index in [0.717, 1.165) is 22.7 Å². The molecule has 1 saturated carbocycles. The lowest BCUT2D eigenvalue weighted by Gasteiger charge is -2.39. The molecule has 0 atom stereocenters. The maximum Gasteiger partial charge on any atom is 0.313 e. The minimum absolute atomic E-state index is 0.0116. The van der Waals surface area contributed by atoms with Gasteiger partial charge in [0.15, 0.2) is 5.16 Å². The standard InChI is InChI=1S/C15H17ClN2O2S/c1-15(6-3-7-15)9-18-13-10(16)4-2-5-11(13)17-14(18)21-8-12(19)20/h2,4-5H,3,6-9H2,1H3,(H,19,20). The van der Waals surface area contributed by atoms with E-state index in [1.165, 1.54) is 31.0 Å². The third kappa shape index (κ3) is 2.90. The number of hydrogen-bond donors (Lipinski definition) is 1. The fourth-order valence-corrected chi connectivity index (χ4v) is 3.82. The number of rotatable bonds is 5. The van der Waals surface area contributed by atoms with Crippen LogP contribution in [-0.4, -0.2) is 26.4 Å². The topological polar surface area (TPSA) is 55.1 Å². The molecule has 1 N–H and O–H groups in total. The molecule has 112 valence electrons. The smallest absolute Gasteiger partial charge is 0.313 e. The Balaban J connectivity index is 2.03. The van der Waals surface area contributed by atoms with Crippen molar-refractivity contribution < 1.29 is 9.90 Å². The fourth-order valence-electron chi connectivity index (χ4n) is 2.82. The summed E-state index contributed by atoms with van der Waals surface area (Å²) in [5.74, 6) is -0.822. The van der Waals surface area contributed by atoms with E-state index in [1.54, 1.807) is 0 Å². The van der Waals surface area contributed by atoms with Crippen LogP contribution in [0.3, 0.4) is 0 Å². The zero-order valence-corrected chi connectivity index (χ0v) is 13.4. The van der Waals surface area contributed by atoms with Crippen molar-refractivity contribution in [3.8, 4) is 0 Å². The van der Waals surface area contributed by atoms with E-state index in [-0.39, 0.29) is 11.2 Å². The van der Waals surface area contributed by atoms with Crippen molar-refractivity contribution in [3.63, 3.8) is 0 Å². The normalized spacial score (nSPS) is 16.9. The molecular weight excluding hydrogens is 308 g/mol. The van der Waals surface area contributed by atoms with Crippen LogP contribution < -0.4 is 0 Å². The number of nitrogens with zero attached hydrogens (tertiary/aromatic N) is 2. The zero-order chi connectivity index (χ0) is 15.0. The number of para-hydroxylation sites is 1. The zero-order valence-electron chi connectivity index (χ0n) is 11.8. The summed E-state index contributed by atoms with van der Waals surface area (Å²) >= 11 is 7.60. The first-order valence-corrected chi connectivity index (χ1v) is 8.34. The highest BCUT2D eigenvalue weighted by atomic mass is 35.5. The van der Waals surface area contributed by atoms with Gasteiger partial charge < -0.3 is 9.67 Å². The molecule has 0 radical (unpaired) electrons. The van der Waals surface area contributed by atoms with Crippen LogP contribution in [0.1, 0.15) is 26.2 Å². The Labute approximate surface area is 132 Å². The van der Waals surface area contributed by atoms with Gasteiger partial charge in [-0.1, -0.05) is 42.8 Å². The van der Waals surface area contributed by atoms with Crippen LogP contribution in [0, 0.1) is 5.41 Å². The van der Waals surface area contributed by atoms with Gasteiger partial charge in [0, 0.05) is 6.54 Å². The molecule has 0 unspecified atom stereocenters. The summed E-state index contributed by atoms with van der Waals surface area (Å²) < 4.78 is 2.10. The van der Waals surface area contributed by atoms with Crippen molar-refractivity contribution in [2.45, 2.75) is 37.9 Å². The molecule has 1 aromatic carbocycles. The molecule has 21 heavy (non-hydrogen) atoms. The molecule has 6 heteroatoms. The number of thioether (sulfide) groups is 1. The molecule has 1 heterocycles. The molecule has 1 aromatic heterocycles. The Morgan fingerprint density at radius 1 is 1.52 bits per heavy atom. The lowest BCUT2D eigenvalue weighted by molar-refractivity contribution is -0.133.